The minimum absolute atomic E-state index is 0.129. The van der Waals surface area contributed by atoms with E-state index in [0.29, 0.717) is 36.9 Å². The van der Waals surface area contributed by atoms with Gasteiger partial charge in [-0.25, -0.2) is 8.78 Å². The maximum Gasteiger partial charge on any atom is 0.253 e. The number of hydrogen-bond acceptors (Lipinski definition) is 7. The molecule has 0 aliphatic heterocycles. The van der Waals surface area contributed by atoms with Crippen LogP contribution in [0.5, 0.6) is 0 Å². The van der Waals surface area contributed by atoms with Gasteiger partial charge in [0, 0.05) is 30.3 Å². The number of amides is 2. The first-order valence-corrected chi connectivity index (χ1v) is 12.4. The third-order valence-electron chi connectivity index (χ3n) is 6.06. The van der Waals surface area contributed by atoms with E-state index in [-0.39, 0.29) is 17.0 Å². The standard InChI is InChI=1S/C27H36F2N2O7/c1-5-7-31(8-6-2)26(37)19-10-15(3)9-18(11-19)25(36)30-27(38,24(35)22(33)16(4)32)23(34)17-12-20(28)14-21(29)13-17/h9-14,16,22-24,32-35,38H,5-8H2,1-4H3,(H,30,36)/t16-,22-,23?,24+,27+/m1/s1. The molecule has 38 heavy (non-hydrogen) atoms. The highest BCUT2D eigenvalue weighted by molar-refractivity contribution is 6.00. The minimum Gasteiger partial charge on any atom is -0.391 e. The average molecular weight is 539 g/mol. The zero-order valence-corrected chi connectivity index (χ0v) is 21.9. The van der Waals surface area contributed by atoms with E-state index in [1.807, 2.05) is 19.2 Å². The van der Waals surface area contributed by atoms with Crippen LogP contribution in [-0.2, 0) is 0 Å². The van der Waals surface area contributed by atoms with Gasteiger partial charge in [0.25, 0.3) is 11.8 Å². The summed E-state index contributed by atoms with van der Waals surface area (Å²) in [5, 5.41) is 54.8. The summed E-state index contributed by atoms with van der Waals surface area (Å²) in [5.41, 5.74) is -3.10. The topological polar surface area (TPSA) is 151 Å². The number of aryl methyl sites for hydroxylation is 1. The predicted octanol–water partition coefficient (Wildman–Crippen LogP) is 1.79. The second kappa shape index (κ2) is 13.2. The molecule has 5 atom stereocenters. The highest BCUT2D eigenvalue weighted by Crippen LogP contribution is 2.31. The molecule has 0 radical (unpaired) electrons. The van der Waals surface area contributed by atoms with E-state index in [1.165, 1.54) is 12.1 Å². The Labute approximate surface area is 220 Å². The van der Waals surface area contributed by atoms with Gasteiger partial charge in [0.2, 0.25) is 0 Å². The Hall–Kier alpha value is -2.96. The molecule has 1 unspecified atom stereocenters. The fraction of sp³-hybridized carbons (Fsp3) is 0.481. The van der Waals surface area contributed by atoms with Gasteiger partial charge >= 0.3 is 0 Å². The number of aliphatic hydroxyl groups excluding tert-OH is 4. The Morgan fingerprint density at radius 1 is 0.921 bits per heavy atom. The number of rotatable bonds is 12. The molecule has 2 amide bonds. The van der Waals surface area contributed by atoms with Gasteiger partial charge in [-0.15, -0.1) is 0 Å². The van der Waals surface area contributed by atoms with Gasteiger partial charge in [-0.3, -0.25) is 9.59 Å². The number of carbonyl (C=O) groups is 2. The van der Waals surface area contributed by atoms with Crippen LogP contribution >= 0.6 is 0 Å². The van der Waals surface area contributed by atoms with Gasteiger partial charge in [0.15, 0.2) is 5.72 Å². The van der Waals surface area contributed by atoms with Crippen molar-refractivity contribution in [2.24, 2.45) is 0 Å². The van der Waals surface area contributed by atoms with E-state index in [9.17, 15) is 43.9 Å². The van der Waals surface area contributed by atoms with E-state index >= 15 is 0 Å². The third kappa shape index (κ3) is 7.33. The van der Waals surface area contributed by atoms with E-state index < -0.39 is 53.2 Å². The summed E-state index contributed by atoms with van der Waals surface area (Å²) in [6, 6.07) is 6.11. The van der Waals surface area contributed by atoms with Crippen LogP contribution in [0.3, 0.4) is 0 Å². The van der Waals surface area contributed by atoms with Gasteiger partial charge in [-0.05, 0) is 68.1 Å². The fourth-order valence-corrected chi connectivity index (χ4v) is 4.14. The van der Waals surface area contributed by atoms with Gasteiger partial charge in [0.1, 0.15) is 29.9 Å². The normalized spacial score (nSPS) is 16.2. The van der Waals surface area contributed by atoms with Crippen molar-refractivity contribution in [2.75, 3.05) is 13.1 Å². The Kier molecular flexibility index (Phi) is 10.9. The van der Waals surface area contributed by atoms with Gasteiger partial charge in [0.05, 0.1) is 6.10 Å². The molecule has 9 nitrogen and oxygen atoms in total. The summed E-state index contributed by atoms with van der Waals surface area (Å²) in [6.07, 6.45) is -7.03. The molecule has 6 N–H and O–H groups in total. The number of aliphatic hydroxyl groups is 5. The van der Waals surface area contributed by atoms with E-state index in [0.717, 1.165) is 19.8 Å². The molecule has 0 heterocycles. The van der Waals surface area contributed by atoms with Crippen molar-refractivity contribution >= 4 is 11.8 Å². The smallest absolute Gasteiger partial charge is 0.253 e. The van der Waals surface area contributed by atoms with Gasteiger partial charge < -0.3 is 35.7 Å². The van der Waals surface area contributed by atoms with Crippen molar-refractivity contribution in [1.82, 2.24) is 10.2 Å². The lowest BCUT2D eigenvalue weighted by molar-refractivity contribution is -0.203. The second-order valence-electron chi connectivity index (χ2n) is 9.44. The monoisotopic (exact) mass is 538 g/mol. The predicted molar refractivity (Wildman–Crippen MR) is 135 cm³/mol. The Balaban J connectivity index is 2.52. The number of nitrogens with zero attached hydrogens (tertiary/aromatic N) is 1. The van der Waals surface area contributed by atoms with Crippen LogP contribution in [0.2, 0.25) is 0 Å². The van der Waals surface area contributed by atoms with Crippen molar-refractivity contribution in [2.45, 2.75) is 70.7 Å². The molecule has 0 fully saturated rings. The molecular weight excluding hydrogens is 502 g/mol. The van der Waals surface area contributed by atoms with E-state index in [2.05, 4.69) is 0 Å². The van der Waals surface area contributed by atoms with Crippen LogP contribution in [0.1, 0.15) is 71.6 Å². The van der Waals surface area contributed by atoms with Gasteiger partial charge in [-0.2, -0.15) is 0 Å². The first-order chi connectivity index (χ1) is 17.7. The van der Waals surface area contributed by atoms with E-state index in [1.54, 1.807) is 17.9 Å². The molecule has 0 saturated heterocycles. The molecule has 0 saturated carbocycles. The minimum atomic E-state index is -3.13. The van der Waals surface area contributed by atoms with Crippen LogP contribution < -0.4 is 5.32 Å². The highest BCUT2D eigenvalue weighted by Gasteiger charge is 2.49. The Bertz CT molecular complexity index is 1100. The fourth-order valence-electron chi connectivity index (χ4n) is 4.14. The zero-order chi connectivity index (χ0) is 28.8. The average Bonchev–Trinajstić information content (AvgIpc) is 2.85. The molecule has 0 bridgehead atoms. The van der Waals surface area contributed by atoms with Crippen molar-refractivity contribution in [3.05, 3.63) is 70.3 Å². The van der Waals surface area contributed by atoms with Crippen molar-refractivity contribution < 1.29 is 43.9 Å². The van der Waals surface area contributed by atoms with Crippen LogP contribution in [0.15, 0.2) is 36.4 Å². The SMILES string of the molecule is CCCN(CCC)C(=O)c1cc(C)cc(C(=O)N[C@](O)(C(O)c2cc(F)cc(F)c2)[C@@H](O)[C@H](O)[C@@H](C)O)c1. The summed E-state index contributed by atoms with van der Waals surface area (Å²) >= 11 is 0. The van der Waals surface area contributed by atoms with Crippen LogP contribution in [0.4, 0.5) is 8.78 Å². The molecule has 2 aromatic rings. The van der Waals surface area contributed by atoms with Gasteiger partial charge in [-0.1, -0.05) is 13.8 Å². The van der Waals surface area contributed by atoms with Crippen LogP contribution in [0, 0.1) is 18.6 Å². The van der Waals surface area contributed by atoms with Crippen LogP contribution in [-0.4, -0.2) is 79.4 Å². The maximum atomic E-state index is 13.8. The van der Waals surface area contributed by atoms with Crippen molar-refractivity contribution in [3.8, 4) is 0 Å². The third-order valence-corrected chi connectivity index (χ3v) is 6.06. The number of halogens is 2. The quantitative estimate of drug-likeness (QED) is 0.226. The first-order valence-electron chi connectivity index (χ1n) is 12.4. The molecular formula is C27H36F2N2O7. The second-order valence-corrected chi connectivity index (χ2v) is 9.44. The summed E-state index contributed by atoms with van der Waals surface area (Å²) in [5.74, 6) is -3.61. The molecule has 0 spiro atoms. The lowest BCUT2D eigenvalue weighted by Crippen LogP contribution is -2.65. The molecule has 2 aromatic carbocycles. The number of carbonyl (C=O) groups excluding carboxylic acids is 2. The molecule has 0 aliphatic rings. The van der Waals surface area contributed by atoms with Crippen molar-refractivity contribution in [1.29, 1.82) is 0 Å². The molecule has 2 rings (SSSR count). The molecule has 0 aromatic heterocycles. The summed E-state index contributed by atoms with van der Waals surface area (Å²) in [6.45, 7) is 7.58. The summed E-state index contributed by atoms with van der Waals surface area (Å²) in [4.78, 5) is 28.0. The lowest BCUT2D eigenvalue weighted by atomic mass is 9.88. The highest BCUT2D eigenvalue weighted by atomic mass is 19.1. The largest absolute Gasteiger partial charge is 0.391 e. The first kappa shape index (κ1) is 31.3. The van der Waals surface area contributed by atoms with E-state index in [4.69, 9.17) is 0 Å². The van der Waals surface area contributed by atoms with Crippen LogP contribution in [0.25, 0.3) is 0 Å². The lowest BCUT2D eigenvalue weighted by Gasteiger charge is -2.40. The molecule has 0 aliphatic carbocycles. The summed E-state index contributed by atoms with van der Waals surface area (Å²) in [7, 11) is 0. The number of hydrogen-bond donors (Lipinski definition) is 6. The Morgan fingerprint density at radius 3 is 1.95 bits per heavy atom. The zero-order valence-electron chi connectivity index (χ0n) is 21.9. The number of benzene rings is 2. The maximum absolute atomic E-state index is 13.8. The number of nitrogens with one attached hydrogen (secondary N) is 1. The summed E-state index contributed by atoms with van der Waals surface area (Å²) < 4.78 is 27.6. The molecule has 11 heteroatoms. The Morgan fingerprint density at radius 2 is 1.45 bits per heavy atom. The van der Waals surface area contributed by atoms with Crippen molar-refractivity contribution in [3.63, 3.8) is 0 Å². The molecule has 210 valence electrons.